The average Bonchev–Trinajstić information content (AvgIpc) is 3.68. The van der Waals surface area contributed by atoms with Crippen LogP contribution in [-0.4, -0.2) is 80.5 Å². The Labute approximate surface area is 273 Å². The predicted octanol–water partition coefficient (Wildman–Crippen LogP) is 5.29. The molecule has 3 saturated heterocycles. The summed E-state index contributed by atoms with van der Waals surface area (Å²) >= 11 is 0. The molecular weight excluding hydrogens is 578 g/mol. The summed E-state index contributed by atoms with van der Waals surface area (Å²) < 4.78 is 7.08. The standard InChI is InChI=1S/C38H49N3O5/c1-6-16-27(5)40(24-8-3)36(45)33-38-22-21-37(9-4,46-38)31(34(43)39(23-7-2)25-28-17-12-10-13-18-28)32(38)35(44)41(33)30(26-42)29-19-14-11-15-20-29/h7-8,10-15,17-20,27,30-33,42H,2-3,6,9,16,21-26H2,1,4-5H3/t27?,30-,31+,32+,33?,37-,38?/m1/s1. The molecule has 46 heavy (non-hydrogen) atoms. The highest BCUT2D eigenvalue weighted by Crippen LogP contribution is 2.65. The van der Waals surface area contributed by atoms with Crippen molar-refractivity contribution in [2.45, 2.75) is 88.7 Å². The van der Waals surface area contributed by atoms with E-state index in [0.29, 0.717) is 38.9 Å². The maximum absolute atomic E-state index is 15.0. The van der Waals surface area contributed by atoms with Crippen LogP contribution in [0.2, 0.25) is 0 Å². The van der Waals surface area contributed by atoms with Crippen LogP contribution in [0.5, 0.6) is 0 Å². The molecule has 7 atom stereocenters. The number of amides is 3. The molecular formula is C38H49N3O5. The summed E-state index contributed by atoms with van der Waals surface area (Å²) in [6, 6.07) is 17.2. The third kappa shape index (κ3) is 5.60. The van der Waals surface area contributed by atoms with E-state index in [4.69, 9.17) is 4.74 Å². The monoisotopic (exact) mass is 627 g/mol. The minimum absolute atomic E-state index is 0.0997. The highest BCUT2D eigenvalue weighted by atomic mass is 16.5. The van der Waals surface area contributed by atoms with Crippen molar-refractivity contribution in [3.8, 4) is 0 Å². The normalized spacial score (nSPS) is 27.6. The maximum Gasteiger partial charge on any atom is 0.248 e. The number of rotatable bonds is 15. The second kappa shape index (κ2) is 13.9. The predicted molar refractivity (Wildman–Crippen MR) is 178 cm³/mol. The molecule has 3 unspecified atom stereocenters. The molecule has 8 nitrogen and oxygen atoms in total. The Hall–Kier alpha value is -3.75. The number of nitrogens with zero attached hydrogens (tertiary/aromatic N) is 3. The van der Waals surface area contributed by atoms with E-state index in [2.05, 4.69) is 20.1 Å². The fourth-order valence-electron chi connectivity index (χ4n) is 8.42. The lowest BCUT2D eigenvalue weighted by molar-refractivity contribution is -0.159. The summed E-state index contributed by atoms with van der Waals surface area (Å²) in [6.45, 7) is 14.6. The molecule has 3 aliphatic heterocycles. The molecule has 2 bridgehead atoms. The molecule has 3 heterocycles. The summed E-state index contributed by atoms with van der Waals surface area (Å²) in [5.74, 6) is -2.34. The first-order valence-corrected chi connectivity index (χ1v) is 16.8. The zero-order valence-electron chi connectivity index (χ0n) is 27.5. The van der Waals surface area contributed by atoms with E-state index in [-0.39, 0.29) is 30.4 Å². The molecule has 246 valence electrons. The molecule has 0 aromatic heterocycles. The molecule has 5 rings (SSSR count). The maximum atomic E-state index is 15.0. The van der Waals surface area contributed by atoms with Crippen LogP contribution in [0, 0.1) is 11.8 Å². The summed E-state index contributed by atoms with van der Waals surface area (Å²) in [5, 5.41) is 10.9. The molecule has 2 aromatic carbocycles. The van der Waals surface area contributed by atoms with E-state index in [1.165, 1.54) is 0 Å². The highest BCUT2D eigenvalue weighted by molar-refractivity contribution is 5.99. The van der Waals surface area contributed by atoms with Crippen LogP contribution >= 0.6 is 0 Å². The van der Waals surface area contributed by atoms with Gasteiger partial charge in [-0.05, 0) is 43.7 Å². The smallest absolute Gasteiger partial charge is 0.248 e. The van der Waals surface area contributed by atoms with Crippen LogP contribution in [0.15, 0.2) is 86.0 Å². The molecule has 0 saturated carbocycles. The minimum Gasteiger partial charge on any atom is -0.394 e. The van der Waals surface area contributed by atoms with Crippen molar-refractivity contribution >= 4 is 17.7 Å². The van der Waals surface area contributed by atoms with Gasteiger partial charge in [0.25, 0.3) is 0 Å². The Morgan fingerprint density at radius 3 is 2.26 bits per heavy atom. The molecule has 1 spiro atoms. The summed E-state index contributed by atoms with van der Waals surface area (Å²) in [5.41, 5.74) is -0.379. The number of carbonyl (C=O) groups excluding carboxylic acids is 3. The van der Waals surface area contributed by atoms with Crippen LogP contribution in [0.3, 0.4) is 0 Å². The second-order valence-electron chi connectivity index (χ2n) is 13.1. The van der Waals surface area contributed by atoms with Crippen LogP contribution < -0.4 is 0 Å². The van der Waals surface area contributed by atoms with Gasteiger partial charge in [-0.3, -0.25) is 14.4 Å². The minimum atomic E-state index is -1.20. The molecule has 8 heteroatoms. The number of aliphatic hydroxyl groups is 1. The fraction of sp³-hybridized carbons (Fsp3) is 0.500. The molecule has 2 aromatic rings. The van der Waals surface area contributed by atoms with Crippen LogP contribution in [-0.2, 0) is 25.7 Å². The summed E-state index contributed by atoms with van der Waals surface area (Å²) in [6.07, 6.45) is 6.67. The van der Waals surface area contributed by atoms with E-state index >= 15 is 4.79 Å². The first-order valence-electron chi connectivity index (χ1n) is 16.8. The van der Waals surface area contributed by atoms with Gasteiger partial charge in [-0.15, -0.1) is 13.2 Å². The van der Waals surface area contributed by atoms with Gasteiger partial charge in [0.15, 0.2) is 0 Å². The SMILES string of the molecule is C=CCN(Cc1ccccc1)C(=O)[C@@H]1[C@H]2C(=O)N([C@H](CO)c3ccccc3)C(C(=O)N(CC=C)C(C)CCC)C23CC[C@@]1(CC)O3. The molecule has 3 fully saturated rings. The highest BCUT2D eigenvalue weighted by Gasteiger charge is 2.79. The number of ether oxygens (including phenoxy) is 1. The first-order chi connectivity index (χ1) is 22.2. The van der Waals surface area contributed by atoms with Crippen LogP contribution in [0.4, 0.5) is 0 Å². The lowest BCUT2D eigenvalue weighted by atomic mass is 9.64. The van der Waals surface area contributed by atoms with Crippen molar-refractivity contribution in [1.29, 1.82) is 0 Å². The topological polar surface area (TPSA) is 90.4 Å². The zero-order chi connectivity index (χ0) is 33.1. The number of fused-ring (bicyclic) bond motifs is 1. The van der Waals surface area contributed by atoms with Gasteiger partial charge >= 0.3 is 0 Å². The average molecular weight is 628 g/mol. The Balaban J connectivity index is 1.64. The van der Waals surface area contributed by atoms with Gasteiger partial charge in [0.2, 0.25) is 17.7 Å². The summed E-state index contributed by atoms with van der Waals surface area (Å²) in [7, 11) is 0. The van der Waals surface area contributed by atoms with Gasteiger partial charge in [-0.1, -0.05) is 93.1 Å². The summed E-state index contributed by atoms with van der Waals surface area (Å²) in [4.78, 5) is 49.8. The number of hydrogen-bond acceptors (Lipinski definition) is 5. The van der Waals surface area contributed by atoms with E-state index < -0.39 is 35.1 Å². The van der Waals surface area contributed by atoms with Crippen LogP contribution in [0.25, 0.3) is 0 Å². The van der Waals surface area contributed by atoms with Crippen LogP contribution in [0.1, 0.15) is 70.0 Å². The van der Waals surface area contributed by atoms with Gasteiger partial charge in [-0.2, -0.15) is 0 Å². The molecule has 1 N–H and O–H groups in total. The Morgan fingerprint density at radius 2 is 1.67 bits per heavy atom. The lowest BCUT2D eigenvalue weighted by Gasteiger charge is -2.41. The fourth-order valence-corrected chi connectivity index (χ4v) is 8.42. The van der Waals surface area contributed by atoms with Gasteiger partial charge < -0.3 is 24.5 Å². The van der Waals surface area contributed by atoms with Crippen molar-refractivity contribution in [1.82, 2.24) is 14.7 Å². The van der Waals surface area contributed by atoms with E-state index in [1.807, 2.05) is 74.5 Å². The number of benzene rings is 2. The van der Waals surface area contributed by atoms with E-state index in [1.54, 1.807) is 26.9 Å². The third-order valence-electron chi connectivity index (χ3n) is 10.5. The van der Waals surface area contributed by atoms with Gasteiger partial charge in [0, 0.05) is 25.7 Å². The quantitative estimate of drug-likeness (QED) is 0.271. The van der Waals surface area contributed by atoms with Crippen molar-refractivity contribution in [2.24, 2.45) is 11.8 Å². The largest absolute Gasteiger partial charge is 0.394 e. The van der Waals surface area contributed by atoms with Gasteiger partial charge in [-0.25, -0.2) is 0 Å². The van der Waals surface area contributed by atoms with Gasteiger partial charge in [0.05, 0.1) is 30.1 Å². The lowest BCUT2D eigenvalue weighted by Crippen LogP contribution is -2.58. The van der Waals surface area contributed by atoms with E-state index in [0.717, 1.165) is 24.0 Å². The Morgan fingerprint density at radius 1 is 1.02 bits per heavy atom. The van der Waals surface area contributed by atoms with Gasteiger partial charge in [0.1, 0.15) is 11.6 Å². The molecule has 3 aliphatic rings. The first kappa shape index (κ1) is 33.6. The van der Waals surface area contributed by atoms with Crippen molar-refractivity contribution in [2.75, 3.05) is 19.7 Å². The van der Waals surface area contributed by atoms with Crippen molar-refractivity contribution in [3.05, 3.63) is 97.1 Å². The van der Waals surface area contributed by atoms with E-state index in [9.17, 15) is 14.7 Å². The second-order valence-corrected chi connectivity index (χ2v) is 13.1. The number of likely N-dealkylation sites (tertiary alicyclic amines) is 1. The Bertz CT molecular complexity index is 1420. The molecule has 3 amide bonds. The number of hydrogen-bond donors (Lipinski definition) is 1. The number of aliphatic hydroxyl groups excluding tert-OH is 1. The Kier molecular flexibility index (Phi) is 10.2. The molecule has 0 aliphatic carbocycles. The number of carbonyl (C=O) groups is 3. The molecule has 0 radical (unpaired) electrons. The van der Waals surface area contributed by atoms with Crippen molar-refractivity contribution < 1.29 is 24.2 Å². The zero-order valence-corrected chi connectivity index (χ0v) is 27.5. The van der Waals surface area contributed by atoms with Crippen molar-refractivity contribution in [3.63, 3.8) is 0 Å². The third-order valence-corrected chi connectivity index (χ3v) is 10.5.